The van der Waals surface area contributed by atoms with Gasteiger partial charge in [-0.25, -0.2) is 14.6 Å². The topological polar surface area (TPSA) is 76.5 Å². The zero-order chi connectivity index (χ0) is 11.3. The maximum atomic E-state index is 11.2. The third-order valence-electron chi connectivity index (χ3n) is 1.38. The smallest absolute Gasteiger partial charge is 0.357 e. The fraction of sp³-hybridized carbons (Fsp3) is 0.222. The molecule has 6 heteroatoms. The molecule has 0 aromatic carbocycles. The lowest BCUT2D eigenvalue weighted by Crippen LogP contribution is -2.04. The number of nitrogens with zero attached hydrogens (tertiary/aromatic N) is 1. The summed E-state index contributed by atoms with van der Waals surface area (Å²) in [5, 5.41) is 10.4. The summed E-state index contributed by atoms with van der Waals surface area (Å²) in [5.74, 6) is -1.55. The number of ether oxygens (including phenoxy) is 1. The highest BCUT2D eigenvalue weighted by Crippen LogP contribution is 2.12. The Kier molecular flexibility index (Phi) is 3.99. The van der Waals surface area contributed by atoms with Crippen LogP contribution in [0.15, 0.2) is 11.5 Å². The minimum Gasteiger partial charge on any atom is -0.478 e. The Balaban J connectivity index is 2.72. The van der Waals surface area contributed by atoms with Crippen molar-refractivity contribution in [2.75, 3.05) is 6.61 Å². The Labute approximate surface area is 90.0 Å². The SMILES string of the molecule is CCOC(=O)c1csc(C=CC(=O)O)n1. The van der Waals surface area contributed by atoms with Gasteiger partial charge < -0.3 is 9.84 Å². The zero-order valence-electron chi connectivity index (χ0n) is 7.97. The van der Waals surface area contributed by atoms with E-state index >= 15 is 0 Å². The molecular formula is C9H9NO4S. The minimum absolute atomic E-state index is 0.201. The molecule has 0 fully saturated rings. The largest absolute Gasteiger partial charge is 0.478 e. The highest BCUT2D eigenvalue weighted by Gasteiger charge is 2.09. The number of carbonyl (C=O) groups excluding carboxylic acids is 1. The molecule has 0 unspecified atom stereocenters. The summed E-state index contributed by atoms with van der Waals surface area (Å²) in [5.41, 5.74) is 0.201. The highest BCUT2D eigenvalue weighted by atomic mass is 32.1. The van der Waals surface area contributed by atoms with Crippen LogP contribution < -0.4 is 0 Å². The second kappa shape index (κ2) is 5.26. The van der Waals surface area contributed by atoms with Gasteiger partial charge in [0.15, 0.2) is 5.69 Å². The number of esters is 1. The van der Waals surface area contributed by atoms with Gasteiger partial charge in [0.2, 0.25) is 0 Å². The van der Waals surface area contributed by atoms with Gasteiger partial charge in [-0.15, -0.1) is 11.3 Å². The summed E-state index contributed by atoms with van der Waals surface area (Å²) in [6.07, 6.45) is 2.30. The molecule has 80 valence electrons. The van der Waals surface area contributed by atoms with Gasteiger partial charge in [-0.3, -0.25) is 0 Å². The molecule has 0 bridgehead atoms. The Bertz CT molecular complexity index is 397. The third-order valence-corrected chi connectivity index (χ3v) is 2.18. The summed E-state index contributed by atoms with van der Waals surface area (Å²) in [6, 6.07) is 0. The number of aliphatic carboxylic acids is 1. The molecule has 0 radical (unpaired) electrons. The van der Waals surface area contributed by atoms with E-state index in [4.69, 9.17) is 9.84 Å². The predicted octanol–water partition coefficient (Wildman–Crippen LogP) is 1.42. The summed E-state index contributed by atoms with van der Waals surface area (Å²) in [6.45, 7) is 1.99. The van der Waals surface area contributed by atoms with E-state index in [1.807, 2.05) is 0 Å². The van der Waals surface area contributed by atoms with Crippen LogP contribution in [0.3, 0.4) is 0 Å². The van der Waals surface area contributed by atoms with Crippen molar-refractivity contribution < 1.29 is 19.4 Å². The Hall–Kier alpha value is -1.69. The van der Waals surface area contributed by atoms with Gasteiger partial charge in [0.25, 0.3) is 0 Å². The summed E-state index contributed by atoms with van der Waals surface area (Å²) in [7, 11) is 0. The van der Waals surface area contributed by atoms with E-state index in [1.54, 1.807) is 6.92 Å². The predicted molar refractivity (Wildman–Crippen MR) is 54.7 cm³/mol. The van der Waals surface area contributed by atoms with E-state index < -0.39 is 11.9 Å². The van der Waals surface area contributed by atoms with Crippen LogP contribution in [0, 0.1) is 0 Å². The van der Waals surface area contributed by atoms with Gasteiger partial charge in [-0.05, 0) is 13.0 Å². The van der Waals surface area contributed by atoms with Crippen molar-refractivity contribution in [3.05, 3.63) is 22.2 Å². The molecule has 0 spiro atoms. The quantitative estimate of drug-likeness (QED) is 0.621. The van der Waals surface area contributed by atoms with Gasteiger partial charge in [0, 0.05) is 11.5 Å². The van der Waals surface area contributed by atoms with Gasteiger partial charge in [0.1, 0.15) is 5.01 Å². The first-order valence-corrected chi connectivity index (χ1v) is 5.05. The van der Waals surface area contributed by atoms with E-state index in [9.17, 15) is 9.59 Å². The number of hydrogen-bond donors (Lipinski definition) is 1. The van der Waals surface area contributed by atoms with E-state index in [-0.39, 0.29) is 12.3 Å². The zero-order valence-corrected chi connectivity index (χ0v) is 8.78. The van der Waals surface area contributed by atoms with E-state index in [0.29, 0.717) is 5.01 Å². The van der Waals surface area contributed by atoms with Crippen LogP contribution in [0.25, 0.3) is 6.08 Å². The first-order chi connectivity index (χ1) is 7.13. The molecule has 0 amide bonds. The normalized spacial score (nSPS) is 10.5. The summed E-state index contributed by atoms with van der Waals surface area (Å²) in [4.78, 5) is 25.3. The van der Waals surface area contributed by atoms with Crippen molar-refractivity contribution in [2.45, 2.75) is 6.92 Å². The first kappa shape index (κ1) is 11.4. The van der Waals surface area contributed by atoms with E-state index in [0.717, 1.165) is 6.08 Å². The van der Waals surface area contributed by atoms with Gasteiger partial charge >= 0.3 is 11.9 Å². The Morgan fingerprint density at radius 1 is 1.67 bits per heavy atom. The lowest BCUT2D eigenvalue weighted by molar-refractivity contribution is -0.131. The molecule has 15 heavy (non-hydrogen) atoms. The molecule has 1 rings (SSSR count). The second-order valence-electron chi connectivity index (χ2n) is 2.46. The van der Waals surface area contributed by atoms with Crippen LogP contribution in [-0.2, 0) is 9.53 Å². The van der Waals surface area contributed by atoms with Crippen LogP contribution in [-0.4, -0.2) is 28.6 Å². The number of thiazole rings is 1. The van der Waals surface area contributed by atoms with Crippen LogP contribution in [0.1, 0.15) is 22.4 Å². The number of aromatic nitrogens is 1. The van der Waals surface area contributed by atoms with Crippen molar-refractivity contribution in [3.8, 4) is 0 Å². The molecule has 1 N–H and O–H groups in total. The van der Waals surface area contributed by atoms with Crippen molar-refractivity contribution >= 4 is 29.4 Å². The molecular weight excluding hydrogens is 218 g/mol. The Morgan fingerprint density at radius 3 is 3.00 bits per heavy atom. The highest BCUT2D eigenvalue weighted by molar-refractivity contribution is 7.10. The van der Waals surface area contributed by atoms with E-state index in [1.165, 1.54) is 22.8 Å². The summed E-state index contributed by atoms with van der Waals surface area (Å²) >= 11 is 1.18. The summed E-state index contributed by atoms with van der Waals surface area (Å²) < 4.78 is 4.73. The first-order valence-electron chi connectivity index (χ1n) is 4.17. The van der Waals surface area contributed by atoms with Crippen LogP contribution in [0.2, 0.25) is 0 Å². The lowest BCUT2D eigenvalue weighted by Gasteiger charge is -1.95. The number of carbonyl (C=O) groups is 2. The van der Waals surface area contributed by atoms with Crippen LogP contribution in [0.5, 0.6) is 0 Å². The van der Waals surface area contributed by atoms with Crippen molar-refractivity contribution in [3.63, 3.8) is 0 Å². The molecule has 1 aromatic heterocycles. The fourth-order valence-corrected chi connectivity index (χ4v) is 1.48. The Morgan fingerprint density at radius 2 is 2.40 bits per heavy atom. The average molecular weight is 227 g/mol. The fourth-order valence-electron chi connectivity index (χ4n) is 0.806. The minimum atomic E-state index is -1.05. The molecule has 0 aliphatic heterocycles. The second-order valence-corrected chi connectivity index (χ2v) is 3.35. The average Bonchev–Trinajstić information content (AvgIpc) is 2.63. The molecule has 0 saturated heterocycles. The molecule has 5 nitrogen and oxygen atoms in total. The molecule has 1 heterocycles. The molecule has 0 atom stereocenters. The number of hydrogen-bond acceptors (Lipinski definition) is 5. The van der Waals surface area contributed by atoms with Crippen molar-refractivity contribution in [2.24, 2.45) is 0 Å². The number of carboxylic acid groups (broad SMARTS) is 1. The standard InChI is InChI=1S/C9H9NO4S/c1-2-14-9(13)6-5-15-7(10-6)3-4-8(11)12/h3-5H,2H2,1H3,(H,11,12). The van der Waals surface area contributed by atoms with Gasteiger partial charge in [-0.1, -0.05) is 0 Å². The van der Waals surface area contributed by atoms with Gasteiger partial charge in [-0.2, -0.15) is 0 Å². The van der Waals surface area contributed by atoms with Crippen LogP contribution in [0.4, 0.5) is 0 Å². The molecule has 0 saturated carbocycles. The number of carboxylic acids is 1. The van der Waals surface area contributed by atoms with Crippen LogP contribution >= 0.6 is 11.3 Å². The van der Waals surface area contributed by atoms with Crippen molar-refractivity contribution in [1.29, 1.82) is 0 Å². The molecule has 0 aliphatic rings. The third kappa shape index (κ3) is 3.51. The number of rotatable bonds is 4. The van der Waals surface area contributed by atoms with Crippen molar-refractivity contribution in [1.82, 2.24) is 4.98 Å². The monoisotopic (exact) mass is 227 g/mol. The lowest BCUT2D eigenvalue weighted by atomic mass is 10.5. The maximum absolute atomic E-state index is 11.2. The van der Waals surface area contributed by atoms with Gasteiger partial charge in [0.05, 0.1) is 6.61 Å². The van der Waals surface area contributed by atoms with E-state index in [2.05, 4.69) is 4.98 Å². The molecule has 1 aromatic rings. The maximum Gasteiger partial charge on any atom is 0.357 e. The molecule has 0 aliphatic carbocycles.